The van der Waals surface area contributed by atoms with Crippen molar-refractivity contribution < 1.29 is 22.1 Å². The highest BCUT2D eigenvalue weighted by Crippen LogP contribution is 2.55. The second-order valence-corrected chi connectivity index (χ2v) is 12.0. The van der Waals surface area contributed by atoms with Gasteiger partial charge in [-0.05, 0) is 42.8 Å². The highest BCUT2D eigenvalue weighted by Gasteiger charge is 2.46. The first kappa shape index (κ1) is 28.8. The normalized spacial score (nSPS) is 11.5. The van der Waals surface area contributed by atoms with Crippen LogP contribution in [0, 0.1) is 0 Å². The number of ketones is 1. The van der Waals surface area contributed by atoms with Crippen molar-refractivity contribution in [3.05, 3.63) is 91.0 Å². The Morgan fingerprint density at radius 3 is 1.34 bits per heavy atom. The zero-order valence-corrected chi connectivity index (χ0v) is 21.2. The van der Waals surface area contributed by atoms with Gasteiger partial charge < -0.3 is 17.3 Å². The van der Waals surface area contributed by atoms with Crippen LogP contribution in [-0.2, 0) is 4.79 Å². The molecule has 0 saturated carbocycles. The number of hydrogen-bond acceptors (Lipinski definition) is 1. The Labute approximate surface area is 207 Å². The number of benzene rings is 3. The molecule has 0 heterocycles. The van der Waals surface area contributed by atoms with Crippen LogP contribution >= 0.6 is 7.26 Å². The average Bonchev–Trinajstić information content (AvgIpc) is 2.85. The van der Waals surface area contributed by atoms with E-state index in [0.29, 0.717) is 18.4 Å². The van der Waals surface area contributed by atoms with E-state index in [0.717, 1.165) is 6.42 Å². The van der Waals surface area contributed by atoms with Gasteiger partial charge in [0.2, 0.25) is 0 Å². The molecule has 0 radical (unpaired) electrons. The summed E-state index contributed by atoms with van der Waals surface area (Å²) in [5.41, 5.74) is 0. The summed E-state index contributed by atoms with van der Waals surface area (Å²) in [5, 5.41) is 3.87. The monoisotopic (exact) mass is 504 g/mol. The minimum atomic E-state index is -6.00. The molecule has 0 bridgehead atoms. The minimum absolute atomic E-state index is 0.399. The Bertz CT molecular complexity index is 879. The lowest BCUT2D eigenvalue weighted by Gasteiger charge is -2.27. The van der Waals surface area contributed by atoms with Crippen molar-refractivity contribution in [3.8, 4) is 0 Å². The molecule has 3 aromatic rings. The number of carbonyl (C=O) groups excluding carboxylic acids is 1. The summed E-state index contributed by atoms with van der Waals surface area (Å²) in [7, 11) is -8.03. The van der Waals surface area contributed by atoms with Gasteiger partial charge in [0.1, 0.15) is 29.3 Å². The van der Waals surface area contributed by atoms with Crippen LogP contribution in [0.15, 0.2) is 91.0 Å². The van der Waals surface area contributed by atoms with E-state index >= 15 is 0 Å². The number of halogens is 4. The molecule has 0 spiro atoms. The van der Waals surface area contributed by atoms with E-state index in [1.165, 1.54) is 48.0 Å². The fraction of sp³-hybridized carbons (Fsp3) is 0.321. The van der Waals surface area contributed by atoms with E-state index in [1.807, 2.05) is 0 Å². The van der Waals surface area contributed by atoms with Gasteiger partial charge in [-0.3, -0.25) is 4.79 Å². The third kappa shape index (κ3) is 9.97. The third-order valence-electron chi connectivity index (χ3n) is 5.81. The molecule has 0 amide bonds. The SMILES string of the molecule is CCCCCCCCC(=O)C[P+](c1ccccc1)(c1ccccc1)c1ccccc1.F[B-](F)(F)F. The summed E-state index contributed by atoms with van der Waals surface area (Å²) >= 11 is 0. The van der Waals surface area contributed by atoms with Crippen LogP contribution in [0.25, 0.3) is 0 Å². The van der Waals surface area contributed by atoms with Crippen molar-refractivity contribution in [3.63, 3.8) is 0 Å². The van der Waals surface area contributed by atoms with Crippen molar-refractivity contribution in [2.75, 3.05) is 6.16 Å². The zero-order valence-electron chi connectivity index (χ0n) is 20.3. The van der Waals surface area contributed by atoms with E-state index in [1.54, 1.807) is 0 Å². The third-order valence-corrected chi connectivity index (χ3v) is 10.2. The molecule has 7 heteroatoms. The molecular formula is C28H34BF4OP. The Hall–Kier alpha value is -2.46. The van der Waals surface area contributed by atoms with Gasteiger partial charge in [0, 0.05) is 6.42 Å². The molecular weight excluding hydrogens is 470 g/mol. The largest absolute Gasteiger partial charge is 0.673 e. The van der Waals surface area contributed by atoms with Crippen molar-refractivity contribution in [1.29, 1.82) is 0 Å². The second-order valence-electron chi connectivity index (χ2n) is 8.53. The van der Waals surface area contributed by atoms with Crippen molar-refractivity contribution in [1.82, 2.24) is 0 Å². The molecule has 3 aromatic carbocycles. The molecule has 0 N–H and O–H groups in total. The maximum Gasteiger partial charge on any atom is 0.673 e. The molecule has 0 unspecified atom stereocenters. The Kier molecular flexibility index (Phi) is 12.2. The van der Waals surface area contributed by atoms with E-state index in [2.05, 4.69) is 97.9 Å². The molecule has 0 aliphatic heterocycles. The number of unbranched alkanes of at least 4 members (excludes halogenated alkanes) is 5. The standard InChI is InChI=1S/C28H34OP.BF4/c1-2-3-4-5-6-10-17-25(29)24-30(26-18-11-7-12-19-26,27-20-13-8-14-21-27)28-22-15-9-16-23-28;2-1(3,4)5/h7-9,11-16,18-23H,2-6,10,17,24H2,1H3;/q+1;-1. The highest BCUT2D eigenvalue weighted by molar-refractivity contribution is 7.96. The van der Waals surface area contributed by atoms with Gasteiger partial charge in [-0.15, -0.1) is 0 Å². The first-order chi connectivity index (χ1) is 16.8. The predicted octanol–water partition coefficient (Wildman–Crippen LogP) is 7.60. The smallest absolute Gasteiger partial charge is 0.418 e. The lowest BCUT2D eigenvalue weighted by Crippen LogP contribution is -2.35. The lowest BCUT2D eigenvalue weighted by molar-refractivity contribution is -0.116. The summed E-state index contributed by atoms with van der Waals surface area (Å²) in [6, 6.07) is 32.1. The number of hydrogen-bond donors (Lipinski definition) is 0. The number of carbonyl (C=O) groups is 1. The number of rotatable bonds is 12. The minimum Gasteiger partial charge on any atom is -0.418 e. The van der Waals surface area contributed by atoms with Crippen LogP contribution in [-0.4, -0.2) is 19.2 Å². The summed E-state index contributed by atoms with van der Waals surface area (Å²) in [6.45, 7) is 2.24. The van der Waals surface area contributed by atoms with E-state index in [-0.39, 0.29) is 0 Å². The van der Waals surface area contributed by atoms with E-state index in [4.69, 9.17) is 0 Å². The van der Waals surface area contributed by atoms with E-state index in [9.17, 15) is 22.1 Å². The molecule has 0 aromatic heterocycles. The van der Waals surface area contributed by atoms with E-state index < -0.39 is 14.5 Å². The highest BCUT2D eigenvalue weighted by atomic mass is 31.2. The molecule has 188 valence electrons. The molecule has 0 atom stereocenters. The second kappa shape index (κ2) is 14.8. The predicted molar refractivity (Wildman–Crippen MR) is 143 cm³/mol. The van der Waals surface area contributed by atoms with Crippen LogP contribution in [0.4, 0.5) is 17.3 Å². The molecule has 0 saturated heterocycles. The summed E-state index contributed by atoms with van der Waals surface area (Å²) < 4.78 is 39.0. The van der Waals surface area contributed by atoms with Gasteiger partial charge in [-0.2, -0.15) is 0 Å². The zero-order chi connectivity index (χ0) is 25.6. The summed E-state index contributed by atoms with van der Waals surface area (Å²) in [5.74, 6) is 0.399. The van der Waals surface area contributed by atoms with Crippen LogP contribution in [0.2, 0.25) is 0 Å². The van der Waals surface area contributed by atoms with Crippen LogP contribution in [0.5, 0.6) is 0 Å². The topological polar surface area (TPSA) is 17.1 Å². The van der Waals surface area contributed by atoms with Gasteiger partial charge in [-0.25, -0.2) is 0 Å². The van der Waals surface area contributed by atoms with Crippen molar-refractivity contribution in [2.24, 2.45) is 0 Å². The van der Waals surface area contributed by atoms with Crippen LogP contribution in [0.3, 0.4) is 0 Å². The summed E-state index contributed by atoms with van der Waals surface area (Å²) in [4.78, 5) is 13.3. The van der Waals surface area contributed by atoms with Gasteiger partial charge >= 0.3 is 7.25 Å². The van der Waals surface area contributed by atoms with Gasteiger partial charge in [-0.1, -0.05) is 93.6 Å². The molecule has 0 fully saturated rings. The fourth-order valence-corrected chi connectivity index (χ4v) is 8.39. The van der Waals surface area contributed by atoms with Crippen LogP contribution < -0.4 is 15.9 Å². The average molecular weight is 504 g/mol. The quantitative estimate of drug-likeness (QED) is 0.107. The molecule has 3 rings (SSSR count). The molecule has 1 nitrogen and oxygen atoms in total. The Morgan fingerprint density at radius 2 is 0.971 bits per heavy atom. The summed E-state index contributed by atoms with van der Waals surface area (Å²) in [6.07, 6.45) is 8.59. The maximum atomic E-state index is 13.3. The fourth-order valence-electron chi connectivity index (χ4n) is 4.21. The first-order valence-electron chi connectivity index (χ1n) is 12.2. The lowest BCUT2D eigenvalue weighted by atomic mass is 10.1. The molecule has 0 aliphatic carbocycles. The Morgan fingerprint density at radius 1 is 0.629 bits per heavy atom. The Balaban J connectivity index is 0.000000784. The van der Waals surface area contributed by atoms with Gasteiger partial charge in [0.05, 0.1) is 0 Å². The van der Waals surface area contributed by atoms with Gasteiger partial charge in [0.15, 0.2) is 5.78 Å². The van der Waals surface area contributed by atoms with Crippen molar-refractivity contribution >= 4 is 36.2 Å². The maximum absolute atomic E-state index is 13.3. The number of Topliss-reactive ketones (excluding diaryl/α,β-unsaturated/α-hetero) is 1. The van der Waals surface area contributed by atoms with Gasteiger partial charge in [0.25, 0.3) is 0 Å². The first-order valence-corrected chi connectivity index (χ1v) is 14.2. The van der Waals surface area contributed by atoms with Crippen molar-refractivity contribution in [2.45, 2.75) is 51.9 Å². The van der Waals surface area contributed by atoms with Crippen LogP contribution in [0.1, 0.15) is 51.9 Å². The molecule has 0 aliphatic rings. The molecule has 35 heavy (non-hydrogen) atoms.